The fraction of sp³-hybridized carbons (Fsp3) is 0.643. The average molecular weight is 309 g/mol. The summed E-state index contributed by atoms with van der Waals surface area (Å²) >= 11 is 0. The minimum Gasteiger partial charge on any atom is -0.365 e. The van der Waals surface area contributed by atoms with Crippen molar-refractivity contribution in [2.45, 2.75) is 19.6 Å². The number of carbonyl (C=O) groups is 2. The molecule has 1 aliphatic heterocycles. The molecule has 1 aliphatic rings. The van der Waals surface area contributed by atoms with Gasteiger partial charge >= 0.3 is 6.03 Å². The zero-order chi connectivity index (χ0) is 16.3. The van der Waals surface area contributed by atoms with Crippen molar-refractivity contribution in [3.8, 4) is 0 Å². The number of aromatic nitrogens is 2. The summed E-state index contributed by atoms with van der Waals surface area (Å²) < 4.78 is 7.21. The lowest BCUT2D eigenvalue weighted by molar-refractivity contribution is -0.145. The van der Waals surface area contributed by atoms with Gasteiger partial charge in [-0.05, 0) is 6.92 Å². The predicted octanol–water partition coefficient (Wildman–Crippen LogP) is -0.273. The molecule has 1 saturated heterocycles. The van der Waals surface area contributed by atoms with E-state index in [-0.39, 0.29) is 18.5 Å². The molecule has 2 rings (SSSR count). The molecule has 0 saturated carbocycles. The van der Waals surface area contributed by atoms with Crippen LogP contribution in [0, 0.1) is 6.92 Å². The van der Waals surface area contributed by atoms with Gasteiger partial charge in [-0.1, -0.05) is 0 Å². The Bertz CT molecular complexity index is 555. The van der Waals surface area contributed by atoms with E-state index in [4.69, 9.17) is 4.74 Å². The van der Waals surface area contributed by atoms with Crippen molar-refractivity contribution in [1.82, 2.24) is 24.9 Å². The maximum Gasteiger partial charge on any atom is 0.317 e. The van der Waals surface area contributed by atoms with E-state index < -0.39 is 6.10 Å². The van der Waals surface area contributed by atoms with E-state index in [0.29, 0.717) is 19.7 Å². The smallest absolute Gasteiger partial charge is 0.317 e. The van der Waals surface area contributed by atoms with Crippen LogP contribution in [-0.4, -0.2) is 71.4 Å². The van der Waals surface area contributed by atoms with E-state index >= 15 is 0 Å². The number of nitrogens with zero attached hydrogens (tertiary/aromatic N) is 4. The van der Waals surface area contributed by atoms with E-state index in [9.17, 15) is 9.59 Å². The fourth-order valence-electron chi connectivity index (χ4n) is 2.27. The molecule has 1 aromatic rings. The molecule has 0 aliphatic carbocycles. The highest BCUT2D eigenvalue weighted by Gasteiger charge is 2.30. The standard InChI is InChI=1S/C14H23N5O3/c1-10-11(8-16-18(10)4)7-15-14(21)19-5-6-22-12(9-19)13(20)17(2)3/h8,12H,5-7,9H2,1-4H3,(H,15,21). The molecule has 2 heterocycles. The lowest BCUT2D eigenvalue weighted by Crippen LogP contribution is -2.53. The Morgan fingerprint density at radius 1 is 1.50 bits per heavy atom. The summed E-state index contributed by atoms with van der Waals surface area (Å²) in [6.07, 6.45) is 1.16. The third-order valence-electron chi connectivity index (χ3n) is 3.84. The number of ether oxygens (including phenoxy) is 1. The Hall–Kier alpha value is -2.09. The van der Waals surface area contributed by atoms with E-state index in [1.165, 1.54) is 4.90 Å². The van der Waals surface area contributed by atoms with Crippen LogP contribution >= 0.6 is 0 Å². The molecule has 122 valence electrons. The van der Waals surface area contributed by atoms with Gasteiger partial charge in [0.2, 0.25) is 0 Å². The first-order valence-corrected chi connectivity index (χ1v) is 7.23. The van der Waals surface area contributed by atoms with Gasteiger partial charge in [0, 0.05) is 45.5 Å². The zero-order valence-electron chi connectivity index (χ0n) is 13.5. The number of aryl methyl sites for hydroxylation is 1. The number of urea groups is 1. The van der Waals surface area contributed by atoms with Gasteiger partial charge in [-0.3, -0.25) is 9.48 Å². The Balaban J connectivity index is 1.89. The number of rotatable bonds is 3. The van der Waals surface area contributed by atoms with Gasteiger partial charge in [-0.2, -0.15) is 5.10 Å². The van der Waals surface area contributed by atoms with Gasteiger partial charge in [-0.15, -0.1) is 0 Å². The minimum absolute atomic E-state index is 0.124. The quantitative estimate of drug-likeness (QED) is 0.833. The Labute approximate surface area is 130 Å². The summed E-state index contributed by atoms with van der Waals surface area (Å²) in [5, 5.41) is 7.01. The summed E-state index contributed by atoms with van der Waals surface area (Å²) in [7, 11) is 5.21. The Morgan fingerprint density at radius 3 is 2.82 bits per heavy atom. The van der Waals surface area contributed by atoms with E-state index in [2.05, 4.69) is 10.4 Å². The second-order valence-electron chi connectivity index (χ2n) is 5.58. The lowest BCUT2D eigenvalue weighted by atomic mass is 10.2. The van der Waals surface area contributed by atoms with Crippen molar-refractivity contribution in [2.75, 3.05) is 33.8 Å². The molecule has 1 unspecified atom stereocenters. The van der Waals surface area contributed by atoms with Crippen LogP contribution in [0.1, 0.15) is 11.3 Å². The molecular formula is C14H23N5O3. The molecule has 0 bridgehead atoms. The fourth-order valence-corrected chi connectivity index (χ4v) is 2.27. The van der Waals surface area contributed by atoms with Crippen molar-refractivity contribution in [3.05, 3.63) is 17.5 Å². The highest BCUT2D eigenvalue weighted by molar-refractivity contribution is 5.82. The van der Waals surface area contributed by atoms with Crippen LogP contribution in [0.15, 0.2) is 6.20 Å². The molecule has 8 nitrogen and oxygen atoms in total. The van der Waals surface area contributed by atoms with Crippen molar-refractivity contribution < 1.29 is 14.3 Å². The van der Waals surface area contributed by atoms with Crippen molar-refractivity contribution in [1.29, 1.82) is 0 Å². The topological polar surface area (TPSA) is 79.7 Å². The van der Waals surface area contributed by atoms with Gasteiger partial charge in [0.25, 0.3) is 5.91 Å². The molecule has 8 heteroatoms. The SMILES string of the molecule is Cc1c(CNC(=O)N2CCOC(C(=O)N(C)C)C2)cnn1C. The summed E-state index contributed by atoms with van der Waals surface area (Å²) in [5.41, 5.74) is 1.99. The van der Waals surface area contributed by atoms with Crippen molar-refractivity contribution in [2.24, 2.45) is 7.05 Å². The molecule has 1 atom stereocenters. The molecule has 1 aromatic heterocycles. The second-order valence-corrected chi connectivity index (χ2v) is 5.58. The van der Waals surface area contributed by atoms with Crippen LogP contribution < -0.4 is 5.32 Å². The number of morpholine rings is 1. The molecule has 3 amide bonds. The average Bonchev–Trinajstić information content (AvgIpc) is 2.83. The molecule has 0 radical (unpaired) electrons. The molecule has 0 spiro atoms. The maximum atomic E-state index is 12.2. The van der Waals surface area contributed by atoms with Gasteiger partial charge < -0.3 is 19.9 Å². The molecule has 1 N–H and O–H groups in total. The molecule has 22 heavy (non-hydrogen) atoms. The molecule has 0 aromatic carbocycles. The highest BCUT2D eigenvalue weighted by Crippen LogP contribution is 2.09. The number of hydrogen-bond donors (Lipinski definition) is 1. The number of likely N-dealkylation sites (N-methyl/N-ethyl adjacent to an activating group) is 1. The summed E-state index contributed by atoms with van der Waals surface area (Å²) in [6, 6.07) is -0.192. The van der Waals surface area contributed by atoms with E-state index in [1.807, 2.05) is 14.0 Å². The van der Waals surface area contributed by atoms with Crippen LogP contribution in [0.5, 0.6) is 0 Å². The molecular weight excluding hydrogens is 286 g/mol. The normalized spacial score (nSPS) is 18.2. The van der Waals surface area contributed by atoms with Gasteiger partial charge in [0.1, 0.15) is 0 Å². The number of hydrogen-bond acceptors (Lipinski definition) is 4. The van der Waals surface area contributed by atoms with Crippen molar-refractivity contribution in [3.63, 3.8) is 0 Å². The molecule has 1 fully saturated rings. The van der Waals surface area contributed by atoms with Gasteiger partial charge in [0.15, 0.2) is 6.10 Å². The first-order chi connectivity index (χ1) is 10.4. The van der Waals surface area contributed by atoms with Crippen LogP contribution in [-0.2, 0) is 23.1 Å². The van der Waals surface area contributed by atoms with Crippen LogP contribution in [0.3, 0.4) is 0 Å². The van der Waals surface area contributed by atoms with E-state index in [1.54, 1.807) is 29.9 Å². The third kappa shape index (κ3) is 3.56. The zero-order valence-corrected chi connectivity index (χ0v) is 13.5. The highest BCUT2D eigenvalue weighted by atomic mass is 16.5. The number of amides is 3. The van der Waals surface area contributed by atoms with Gasteiger partial charge in [-0.25, -0.2) is 4.79 Å². The first-order valence-electron chi connectivity index (χ1n) is 7.23. The van der Waals surface area contributed by atoms with Crippen LogP contribution in [0.4, 0.5) is 4.79 Å². The lowest BCUT2D eigenvalue weighted by Gasteiger charge is -2.33. The largest absolute Gasteiger partial charge is 0.365 e. The first kappa shape index (κ1) is 16.3. The van der Waals surface area contributed by atoms with Crippen molar-refractivity contribution >= 4 is 11.9 Å². The Morgan fingerprint density at radius 2 is 2.23 bits per heavy atom. The second kappa shape index (κ2) is 6.78. The third-order valence-corrected chi connectivity index (χ3v) is 3.84. The van der Waals surface area contributed by atoms with Gasteiger partial charge in [0.05, 0.1) is 19.3 Å². The van der Waals surface area contributed by atoms with Crippen LogP contribution in [0.25, 0.3) is 0 Å². The summed E-state index contributed by atoms with van der Waals surface area (Å²) in [5.74, 6) is -0.124. The maximum absolute atomic E-state index is 12.2. The summed E-state index contributed by atoms with van der Waals surface area (Å²) in [6.45, 7) is 3.49. The Kier molecular flexibility index (Phi) is 5.02. The number of carbonyl (C=O) groups excluding carboxylic acids is 2. The summed E-state index contributed by atoms with van der Waals surface area (Å²) in [4.78, 5) is 27.2. The van der Waals surface area contributed by atoms with Crippen LogP contribution in [0.2, 0.25) is 0 Å². The monoisotopic (exact) mass is 309 g/mol. The predicted molar refractivity (Wildman–Crippen MR) is 80.2 cm³/mol. The van der Waals surface area contributed by atoms with E-state index in [0.717, 1.165) is 11.3 Å². The minimum atomic E-state index is -0.588. The number of nitrogens with one attached hydrogen (secondary N) is 1.